The molecule has 1 spiro atoms. The molecule has 4 fully saturated rings. The molecule has 0 N–H and O–H groups in total. The minimum absolute atomic E-state index is 0.0314. The van der Waals surface area contributed by atoms with Gasteiger partial charge in [-0.2, -0.15) is 0 Å². The summed E-state index contributed by atoms with van der Waals surface area (Å²) >= 11 is 0. The first-order chi connectivity index (χ1) is 9.68. The van der Waals surface area contributed by atoms with Crippen molar-refractivity contribution >= 4 is 11.7 Å². The first-order valence-corrected chi connectivity index (χ1v) is 8.48. The number of hydrogen-bond acceptors (Lipinski definition) is 2. The highest BCUT2D eigenvalue weighted by Crippen LogP contribution is 2.56. The Labute approximate surface area is 121 Å². The van der Waals surface area contributed by atoms with Crippen molar-refractivity contribution in [2.24, 2.45) is 23.2 Å². The fourth-order valence-electron chi connectivity index (χ4n) is 5.04. The zero-order chi connectivity index (χ0) is 13.7. The average molecular weight is 275 g/mol. The van der Waals surface area contributed by atoms with E-state index in [0.717, 1.165) is 37.8 Å². The van der Waals surface area contributed by atoms with Crippen LogP contribution in [0.4, 0.5) is 0 Å². The van der Waals surface area contributed by atoms with Crippen LogP contribution in [-0.4, -0.2) is 29.7 Å². The van der Waals surface area contributed by atoms with E-state index >= 15 is 0 Å². The van der Waals surface area contributed by atoms with Crippen molar-refractivity contribution < 1.29 is 9.59 Å². The molecule has 1 saturated heterocycles. The van der Waals surface area contributed by atoms with Crippen molar-refractivity contribution in [3.8, 4) is 0 Å². The summed E-state index contributed by atoms with van der Waals surface area (Å²) in [5, 5.41) is 0. The highest BCUT2D eigenvalue weighted by atomic mass is 16.2. The van der Waals surface area contributed by atoms with E-state index in [1.165, 1.54) is 32.1 Å². The first-order valence-electron chi connectivity index (χ1n) is 8.48. The fourth-order valence-corrected chi connectivity index (χ4v) is 5.04. The normalized spacial score (nSPS) is 36.2. The van der Waals surface area contributed by atoms with Crippen LogP contribution >= 0.6 is 0 Å². The summed E-state index contributed by atoms with van der Waals surface area (Å²) in [6.45, 7) is 1.92. The SMILES string of the molecule is O=C1CC(C(=O)N2CCC(C3CCC3)C2)C2(CCC2)C1. The van der Waals surface area contributed by atoms with Gasteiger partial charge in [0.05, 0.1) is 5.92 Å². The number of carbonyl (C=O) groups excluding carboxylic acids is 2. The Kier molecular flexibility index (Phi) is 2.94. The second-order valence-electron chi connectivity index (χ2n) is 7.71. The van der Waals surface area contributed by atoms with Gasteiger partial charge in [0.15, 0.2) is 0 Å². The maximum absolute atomic E-state index is 12.8. The molecule has 3 heteroatoms. The summed E-state index contributed by atoms with van der Waals surface area (Å²) in [4.78, 5) is 26.8. The third-order valence-electron chi connectivity index (χ3n) is 6.72. The molecule has 0 radical (unpaired) electrons. The molecule has 3 nitrogen and oxygen atoms in total. The molecule has 2 unspecified atom stereocenters. The van der Waals surface area contributed by atoms with Crippen LogP contribution in [0, 0.1) is 23.2 Å². The third-order valence-corrected chi connectivity index (χ3v) is 6.72. The molecular formula is C17H25NO2. The minimum Gasteiger partial charge on any atom is -0.342 e. The second-order valence-corrected chi connectivity index (χ2v) is 7.71. The standard InChI is InChI=1S/C17H25NO2/c19-14-9-15(17(10-14)6-2-7-17)16(20)18-8-5-13(11-18)12-3-1-4-12/h12-13,15H,1-11H2. The van der Waals surface area contributed by atoms with E-state index in [-0.39, 0.29) is 11.3 Å². The van der Waals surface area contributed by atoms with Crippen molar-refractivity contribution in [1.29, 1.82) is 0 Å². The van der Waals surface area contributed by atoms with Crippen LogP contribution in [0.1, 0.15) is 57.8 Å². The molecule has 2 atom stereocenters. The molecule has 20 heavy (non-hydrogen) atoms. The maximum Gasteiger partial charge on any atom is 0.226 e. The van der Waals surface area contributed by atoms with Crippen molar-refractivity contribution in [3.05, 3.63) is 0 Å². The Hall–Kier alpha value is -0.860. The highest BCUT2D eigenvalue weighted by molar-refractivity contribution is 5.92. The molecule has 3 saturated carbocycles. The first kappa shape index (κ1) is 12.8. The van der Waals surface area contributed by atoms with Crippen LogP contribution < -0.4 is 0 Å². The maximum atomic E-state index is 12.8. The monoisotopic (exact) mass is 275 g/mol. The lowest BCUT2D eigenvalue weighted by molar-refractivity contribution is -0.140. The topological polar surface area (TPSA) is 37.4 Å². The van der Waals surface area contributed by atoms with Gasteiger partial charge < -0.3 is 4.90 Å². The molecule has 1 aliphatic heterocycles. The van der Waals surface area contributed by atoms with E-state index in [1.54, 1.807) is 0 Å². The number of likely N-dealkylation sites (tertiary alicyclic amines) is 1. The number of ketones is 1. The molecule has 0 aromatic rings. The quantitative estimate of drug-likeness (QED) is 0.777. The molecule has 110 valence electrons. The molecule has 4 rings (SSSR count). The van der Waals surface area contributed by atoms with Gasteiger partial charge in [0, 0.05) is 25.9 Å². The second kappa shape index (κ2) is 4.57. The number of Topliss-reactive ketones (excluding diaryl/α,β-unsaturated/α-hetero) is 1. The molecule has 3 aliphatic carbocycles. The van der Waals surface area contributed by atoms with Gasteiger partial charge in [0.2, 0.25) is 5.91 Å². The predicted octanol–water partition coefficient (Wildman–Crippen LogP) is 2.78. The summed E-state index contributed by atoms with van der Waals surface area (Å²) in [7, 11) is 0. The number of rotatable bonds is 2. The van der Waals surface area contributed by atoms with Crippen molar-refractivity contribution in [2.45, 2.75) is 57.8 Å². The molecule has 0 aromatic carbocycles. The largest absolute Gasteiger partial charge is 0.342 e. The number of amides is 1. The van der Waals surface area contributed by atoms with Crippen LogP contribution in [0.15, 0.2) is 0 Å². The summed E-state index contributed by atoms with van der Waals surface area (Å²) in [6, 6.07) is 0. The molecule has 0 bridgehead atoms. The lowest BCUT2D eigenvalue weighted by Gasteiger charge is -2.43. The van der Waals surface area contributed by atoms with Gasteiger partial charge in [-0.05, 0) is 36.5 Å². The summed E-state index contributed by atoms with van der Waals surface area (Å²) in [6.07, 6.45) is 9.97. The number of hydrogen-bond donors (Lipinski definition) is 0. The van der Waals surface area contributed by atoms with Gasteiger partial charge in [-0.3, -0.25) is 9.59 Å². The Morgan fingerprint density at radius 2 is 1.90 bits per heavy atom. The van der Waals surface area contributed by atoms with Gasteiger partial charge in [-0.1, -0.05) is 25.7 Å². The van der Waals surface area contributed by atoms with Crippen LogP contribution in [0.25, 0.3) is 0 Å². The lowest BCUT2D eigenvalue weighted by Crippen LogP contribution is -2.44. The van der Waals surface area contributed by atoms with Crippen LogP contribution in [0.2, 0.25) is 0 Å². The minimum atomic E-state index is 0.0314. The van der Waals surface area contributed by atoms with Crippen molar-refractivity contribution in [1.82, 2.24) is 4.90 Å². The Morgan fingerprint density at radius 3 is 2.50 bits per heavy atom. The Bertz CT molecular complexity index is 436. The number of carbonyl (C=O) groups is 2. The molecule has 1 amide bonds. The van der Waals surface area contributed by atoms with Crippen LogP contribution in [0.5, 0.6) is 0 Å². The summed E-state index contributed by atoms with van der Waals surface area (Å²) < 4.78 is 0. The molecule has 0 aromatic heterocycles. The molecule has 4 aliphatic rings. The van der Waals surface area contributed by atoms with Gasteiger partial charge in [-0.25, -0.2) is 0 Å². The van der Waals surface area contributed by atoms with E-state index in [0.29, 0.717) is 24.5 Å². The van der Waals surface area contributed by atoms with Crippen LogP contribution in [-0.2, 0) is 9.59 Å². The Balaban J connectivity index is 1.43. The van der Waals surface area contributed by atoms with Crippen molar-refractivity contribution in [2.75, 3.05) is 13.1 Å². The van der Waals surface area contributed by atoms with E-state index < -0.39 is 0 Å². The zero-order valence-corrected chi connectivity index (χ0v) is 12.3. The van der Waals surface area contributed by atoms with Gasteiger partial charge >= 0.3 is 0 Å². The molecule has 1 heterocycles. The zero-order valence-electron chi connectivity index (χ0n) is 12.3. The van der Waals surface area contributed by atoms with Crippen molar-refractivity contribution in [3.63, 3.8) is 0 Å². The predicted molar refractivity (Wildman–Crippen MR) is 76.0 cm³/mol. The Morgan fingerprint density at radius 1 is 1.10 bits per heavy atom. The average Bonchev–Trinajstić information content (AvgIpc) is 2.90. The van der Waals surface area contributed by atoms with E-state index in [1.807, 2.05) is 0 Å². The van der Waals surface area contributed by atoms with Gasteiger partial charge in [-0.15, -0.1) is 0 Å². The number of nitrogens with zero attached hydrogens (tertiary/aromatic N) is 1. The van der Waals surface area contributed by atoms with E-state index in [9.17, 15) is 9.59 Å². The van der Waals surface area contributed by atoms with Gasteiger partial charge in [0.25, 0.3) is 0 Å². The van der Waals surface area contributed by atoms with E-state index in [4.69, 9.17) is 0 Å². The summed E-state index contributed by atoms with van der Waals surface area (Å²) in [5.74, 6) is 2.32. The summed E-state index contributed by atoms with van der Waals surface area (Å²) in [5.41, 5.74) is 0.0860. The molecular weight excluding hydrogens is 250 g/mol. The highest BCUT2D eigenvalue weighted by Gasteiger charge is 2.54. The fraction of sp³-hybridized carbons (Fsp3) is 0.882. The van der Waals surface area contributed by atoms with E-state index in [2.05, 4.69) is 4.90 Å². The smallest absolute Gasteiger partial charge is 0.226 e. The third kappa shape index (κ3) is 1.85. The van der Waals surface area contributed by atoms with Crippen LogP contribution in [0.3, 0.4) is 0 Å². The lowest BCUT2D eigenvalue weighted by atomic mass is 9.62. The van der Waals surface area contributed by atoms with Gasteiger partial charge in [0.1, 0.15) is 5.78 Å².